The van der Waals surface area contributed by atoms with Gasteiger partial charge in [-0.05, 0) is 76.7 Å². The van der Waals surface area contributed by atoms with Gasteiger partial charge < -0.3 is 0 Å². The van der Waals surface area contributed by atoms with Gasteiger partial charge in [-0.2, -0.15) is 10.0 Å². The van der Waals surface area contributed by atoms with E-state index in [-0.39, 0.29) is 5.78 Å². The van der Waals surface area contributed by atoms with Crippen LogP contribution in [-0.4, -0.2) is 11.0 Å². The molecule has 0 bridgehead atoms. The maximum Gasteiger partial charge on any atom is 0.195 e. The highest BCUT2D eigenvalue weighted by molar-refractivity contribution is 8.34. The lowest BCUT2D eigenvalue weighted by atomic mass is 9.96. The van der Waals surface area contributed by atoms with Crippen molar-refractivity contribution in [3.63, 3.8) is 0 Å². The van der Waals surface area contributed by atoms with E-state index < -0.39 is 10.0 Å². The Morgan fingerprint density at radius 2 is 1.33 bits per heavy atom. The predicted octanol–water partition coefficient (Wildman–Crippen LogP) is 8.47. The summed E-state index contributed by atoms with van der Waals surface area (Å²) in [5, 5.41) is 0.595. The number of rotatable bonds is 4. The van der Waals surface area contributed by atoms with Gasteiger partial charge in [0.25, 0.3) is 0 Å². The number of hydrogen-bond donors (Lipinski definition) is 0. The second-order valence-electron chi connectivity index (χ2n) is 9.49. The van der Waals surface area contributed by atoms with Gasteiger partial charge in [0.1, 0.15) is 0 Å². The molecule has 1 aliphatic carbocycles. The Hall–Kier alpha value is -3.10. The fourth-order valence-corrected chi connectivity index (χ4v) is 10.1. The zero-order valence-electron chi connectivity index (χ0n) is 19.1. The molecule has 4 aromatic rings. The van der Waals surface area contributed by atoms with E-state index in [2.05, 4.69) is 98.8 Å². The first kappa shape index (κ1) is 20.5. The second kappa shape index (κ2) is 7.74. The lowest BCUT2D eigenvalue weighted by Crippen LogP contribution is -2.22. The third-order valence-corrected chi connectivity index (χ3v) is 11.7. The van der Waals surface area contributed by atoms with Gasteiger partial charge >= 0.3 is 0 Å². The highest BCUT2D eigenvalue weighted by atomic mass is 32.3. The van der Waals surface area contributed by atoms with E-state index in [0.717, 1.165) is 11.1 Å². The molecule has 2 aliphatic rings. The molecule has 1 aliphatic heterocycles. The molecular formula is C31H28OS. The Bertz CT molecular complexity index is 1350. The first-order valence-corrected chi connectivity index (χ1v) is 13.6. The van der Waals surface area contributed by atoms with Gasteiger partial charge in [-0.3, -0.25) is 4.79 Å². The third-order valence-electron chi connectivity index (χ3n) is 7.10. The topological polar surface area (TPSA) is 17.1 Å². The van der Waals surface area contributed by atoms with Gasteiger partial charge in [-0.15, -0.1) is 0 Å². The highest BCUT2D eigenvalue weighted by Crippen LogP contribution is 2.79. The van der Waals surface area contributed by atoms with Gasteiger partial charge in [0.2, 0.25) is 0 Å². The number of fused-ring (bicyclic) bond motifs is 2. The largest absolute Gasteiger partial charge is 0.289 e. The van der Waals surface area contributed by atoms with Crippen molar-refractivity contribution in [2.24, 2.45) is 0 Å². The van der Waals surface area contributed by atoms with E-state index in [0.29, 0.717) is 11.2 Å². The van der Waals surface area contributed by atoms with E-state index >= 15 is 0 Å². The molecule has 1 saturated carbocycles. The quantitative estimate of drug-likeness (QED) is 0.306. The Balaban J connectivity index is 1.61. The second-order valence-corrected chi connectivity index (χ2v) is 12.8. The van der Waals surface area contributed by atoms with Gasteiger partial charge in [0.05, 0.1) is 0 Å². The average Bonchev–Trinajstić information content (AvgIpc) is 3.71. The molecule has 1 atom stereocenters. The molecule has 1 unspecified atom stereocenters. The minimum Gasteiger partial charge on any atom is -0.289 e. The van der Waals surface area contributed by atoms with Crippen LogP contribution in [0.15, 0.2) is 112 Å². The normalized spacial score (nSPS) is 21.2. The smallest absolute Gasteiger partial charge is 0.195 e. The first-order chi connectivity index (χ1) is 16.1. The zero-order valence-corrected chi connectivity index (χ0v) is 19.9. The van der Waals surface area contributed by atoms with Crippen molar-refractivity contribution in [3.8, 4) is 11.1 Å². The van der Waals surface area contributed by atoms with Crippen LogP contribution in [0.5, 0.6) is 0 Å². The number of carbonyl (C=O) groups is 1. The molecule has 0 N–H and O–H groups in total. The summed E-state index contributed by atoms with van der Waals surface area (Å²) in [6.07, 6.45) is 2.45. The molecule has 0 radical (unpaired) electrons. The Kier molecular flexibility index (Phi) is 4.81. The third kappa shape index (κ3) is 3.12. The summed E-state index contributed by atoms with van der Waals surface area (Å²) in [5.41, 5.74) is 5.54. The van der Waals surface area contributed by atoms with Gasteiger partial charge in [-0.25, -0.2) is 0 Å². The molecule has 1 fully saturated rings. The van der Waals surface area contributed by atoms with Crippen molar-refractivity contribution in [2.75, 3.05) is 0 Å². The molecule has 2 heteroatoms. The maximum atomic E-state index is 13.7. The van der Waals surface area contributed by atoms with E-state index in [1.807, 2.05) is 12.1 Å². The zero-order chi connectivity index (χ0) is 22.6. The van der Waals surface area contributed by atoms with Crippen molar-refractivity contribution >= 4 is 15.8 Å². The maximum absolute atomic E-state index is 13.7. The molecule has 164 valence electrons. The molecular weight excluding hydrogens is 420 g/mol. The van der Waals surface area contributed by atoms with Crippen LogP contribution in [0.2, 0.25) is 0 Å². The van der Waals surface area contributed by atoms with Crippen LogP contribution in [-0.2, 0) is 0 Å². The Labute approximate surface area is 197 Å². The molecule has 6 rings (SSSR count). The summed E-state index contributed by atoms with van der Waals surface area (Å²) in [6.45, 7) is 4.40. The summed E-state index contributed by atoms with van der Waals surface area (Å²) in [6, 6.07) is 34.9. The van der Waals surface area contributed by atoms with E-state index in [1.165, 1.54) is 44.2 Å². The molecule has 0 saturated heterocycles. The summed E-state index contributed by atoms with van der Waals surface area (Å²) in [5.74, 6) is 0.587. The number of ketones is 1. The van der Waals surface area contributed by atoms with Crippen molar-refractivity contribution in [1.82, 2.24) is 0 Å². The van der Waals surface area contributed by atoms with E-state index in [1.54, 1.807) is 0 Å². The van der Waals surface area contributed by atoms with Crippen molar-refractivity contribution in [1.29, 1.82) is 0 Å². The van der Waals surface area contributed by atoms with Crippen LogP contribution < -0.4 is 0 Å². The fraction of sp³-hybridized carbons (Fsp3) is 0.194. The molecule has 4 aromatic carbocycles. The molecule has 0 amide bonds. The summed E-state index contributed by atoms with van der Waals surface area (Å²) < 4.78 is 0. The number of benzene rings is 4. The van der Waals surface area contributed by atoms with Crippen LogP contribution in [0, 0.1) is 0 Å². The fourth-order valence-electron chi connectivity index (χ4n) is 5.28. The molecule has 1 nitrogen and oxygen atoms in total. The number of hydrogen-bond acceptors (Lipinski definition) is 1. The van der Waals surface area contributed by atoms with Gasteiger partial charge in [-0.1, -0.05) is 74.5 Å². The predicted molar refractivity (Wildman–Crippen MR) is 138 cm³/mol. The Morgan fingerprint density at radius 1 is 0.697 bits per heavy atom. The van der Waals surface area contributed by atoms with Crippen molar-refractivity contribution < 1.29 is 4.79 Å². The monoisotopic (exact) mass is 448 g/mol. The highest BCUT2D eigenvalue weighted by Gasteiger charge is 2.50. The van der Waals surface area contributed by atoms with E-state index in [9.17, 15) is 4.79 Å². The van der Waals surface area contributed by atoms with Crippen LogP contribution >= 0.6 is 10.0 Å². The molecule has 1 heterocycles. The lowest BCUT2D eigenvalue weighted by Gasteiger charge is -2.46. The standard InChI is InChI=1S/C31H28OS/c1-21(2)24-14-19-30-28(20-24)31(32)27-10-6-7-11-29(27)33(30,26-17-18-26)25-15-12-23(13-16-25)22-8-4-3-5-9-22/h3-16,19-21,26H,17-18H2,1-2H3. The summed E-state index contributed by atoms with van der Waals surface area (Å²) in [7, 11) is -1.50. The van der Waals surface area contributed by atoms with E-state index in [4.69, 9.17) is 0 Å². The molecule has 33 heavy (non-hydrogen) atoms. The minimum atomic E-state index is -1.50. The van der Waals surface area contributed by atoms with Crippen molar-refractivity contribution in [3.05, 3.63) is 114 Å². The van der Waals surface area contributed by atoms with Crippen molar-refractivity contribution in [2.45, 2.75) is 52.5 Å². The van der Waals surface area contributed by atoms with Gasteiger partial charge in [0, 0.05) is 26.2 Å². The first-order valence-electron chi connectivity index (χ1n) is 11.9. The molecule has 0 aromatic heterocycles. The molecule has 0 spiro atoms. The van der Waals surface area contributed by atoms with Crippen LogP contribution in [0.1, 0.15) is 54.1 Å². The van der Waals surface area contributed by atoms with Gasteiger partial charge in [0.15, 0.2) is 5.78 Å². The summed E-state index contributed by atoms with van der Waals surface area (Å²) >= 11 is 0. The van der Waals surface area contributed by atoms with Crippen LogP contribution in [0.3, 0.4) is 0 Å². The lowest BCUT2D eigenvalue weighted by molar-refractivity contribution is 0.103. The van der Waals surface area contributed by atoms with Crippen LogP contribution in [0.25, 0.3) is 11.1 Å². The number of carbonyl (C=O) groups excluding carboxylic acids is 1. The Morgan fingerprint density at radius 3 is 2.03 bits per heavy atom. The summed E-state index contributed by atoms with van der Waals surface area (Å²) in [4.78, 5) is 17.6. The SMILES string of the molecule is CC(C)c1ccc2c(c1)C(=O)c1ccccc1S2(c1ccc(-c2ccccc2)cc1)C1CC1. The van der Waals surface area contributed by atoms with Crippen LogP contribution in [0.4, 0.5) is 0 Å². The minimum absolute atomic E-state index is 0.188. The average molecular weight is 449 g/mol.